The smallest absolute Gasteiger partial charge is 0.333 e. The van der Waals surface area contributed by atoms with Gasteiger partial charge in [0.15, 0.2) is 5.82 Å². The summed E-state index contributed by atoms with van der Waals surface area (Å²) in [7, 11) is 0. The number of anilines is 2. The van der Waals surface area contributed by atoms with Crippen molar-refractivity contribution in [1.29, 1.82) is 0 Å². The molecule has 0 bridgehead atoms. The van der Waals surface area contributed by atoms with E-state index in [4.69, 9.17) is 5.73 Å². The van der Waals surface area contributed by atoms with E-state index < -0.39 is 12.1 Å². The third-order valence-electron chi connectivity index (χ3n) is 5.21. The van der Waals surface area contributed by atoms with Crippen LogP contribution in [0.25, 0.3) is 22.3 Å². The van der Waals surface area contributed by atoms with Crippen molar-refractivity contribution in [2.45, 2.75) is 31.4 Å². The van der Waals surface area contributed by atoms with Gasteiger partial charge in [-0.25, -0.2) is 4.68 Å². The number of fused-ring (bicyclic) bond motifs is 1. The molecule has 0 atom stereocenters. The predicted molar refractivity (Wildman–Crippen MR) is 102 cm³/mol. The van der Waals surface area contributed by atoms with Crippen molar-refractivity contribution in [3.63, 3.8) is 0 Å². The van der Waals surface area contributed by atoms with Crippen LogP contribution in [0.15, 0.2) is 36.7 Å². The van der Waals surface area contributed by atoms with Crippen molar-refractivity contribution in [2.75, 3.05) is 11.1 Å². The number of aromatic nitrogens is 7. The van der Waals surface area contributed by atoms with Gasteiger partial charge in [-0.2, -0.15) is 33.9 Å². The van der Waals surface area contributed by atoms with E-state index in [0.29, 0.717) is 16.2 Å². The Kier molecular flexibility index (Phi) is 3.89. The van der Waals surface area contributed by atoms with Crippen LogP contribution in [0.5, 0.6) is 0 Å². The Labute approximate surface area is 163 Å². The highest BCUT2D eigenvalue weighted by Crippen LogP contribution is 2.43. The molecule has 5 rings (SSSR count). The standard InChI is InChI=1S/C18H17F2N9/c19-15(20)29-7-4-13(28-29)18(5-1-6-18)26-17-24-14(23-16(21)25-17)10-2-3-11-9-22-27-12(11)8-10/h2-4,7-9,15H,1,5-6H2,(H,22,27)(H3,21,23,24,25,26). The number of nitrogens with one attached hydrogen (secondary N) is 2. The predicted octanol–water partition coefficient (Wildman–Crippen LogP) is 3.08. The molecule has 1 saturated carbocycles. The van der Waals surface area contributed by atoms with Gasteiger partial charge in [0, 0.05) is 17.1 Å². The molecule has 0 amide bonds. The van der Waals surface area contributed by atoms with Crippen molar-refractivity contribution in [3.8, 4) is 11.4 Å². The molecule has 3 aromatic heterocycles. The van der Waals surface area contributed by atoms with Gasteiger partial charge in [-0.15, -0.1) is 0 Å². The van der Waals surface area contributed by atoms with Crippen LogP contribution in [-0.4, -0.2) is 34.9 Å². The Morgan fingerprint density at radius 3 is 2.76 bits per heavy atom. The van der Waals surface area contributed by atoms with Gasteiger partial charge in [-0.3, -0.25) is 5.10 Å². The van der Waals surface area contributed by atoms with Gasteiger partial charge in [-0.05, 0) is 31.4 Å². The van der Waals surface area contributed by atoms with Crippen molar-refractivity contribution in [1.82, 2.24) is 34.9 Å². The fourth-order valence-corrected chi connectivity index (χ4v) is 3.54. The second-order valence-corrected chi connectivity index (χ2v) is 7.03. The number of aromatic amines is 1. The summed E-state index contributed by atoms with van der Waals surface area (Å²) in [5.74, 6) is 0.752. The molecule has 0 spiro atoms. The fraction of sp³-hybridized carbons (Fsp3) is 0.278. The van der Waals surface area contributed by atoms with Crippen LogP contribution in [0.1, 0.15) is 31.5 Å². The van der Waals surface area contributed by atoms with E-state index in [1.807, 2.05) is 18.2 Å². The molecule has 1 fully saturated rings. The summed E-state index contributed by atoms with van der Waals surface area (Å²) < 4.78 is 26.5. The lowest BCUT2D eigenvalue weighted by molar-refractivity contribution is 0.0552. The van der Waals surface area contributed by atoms with Crippen molar-refractivity contribution < 1.29 is 8.78 Å². The minimum atomic E-state index is -2.68. The van der Waals surface area contributed by atoms with Gasteiger partial charge in [0.05, 0.1) is 22.9 Å². The zero-order valence-electron chi connectivity index (χ0n) is 15.2. The van der Waals surface area contributed by atoms with E-state index in [0.717, 1.165) is 35.7 Å². The normalized spacial score (nSPS) is 15.6. The average molecular weight is 397 g/mol. The first kappa shape index (κ1) is 17.5. The molecular weight excluding hydrogens is 380 g/mol. The highest BCUT2D eigenvalue weighted by atomic mass is 19.3. The number of nitrogens with two attached hydrogens (primary N) is 1. The average Bonchev–Trinajstić information content (AvgIpc) is 3.33. The number of halogens is 2. The van der Waals surface area contributed by atoms with Crippen molar-refractivity contribution >= 4 is 22.8 Å². The highest BCUT2D eigenvalue weighted by Gasteiger charge is 2.42. The molecule has 1 aliphatic carbocycles. The van der Waals surface area contributed by atoms with Crippen molar-refractivity contribution in [2.24, 2.45) is 0 Å². The maximum Gasteiger partial charge on any atom is 0.333 e. The Morgan fingerprint density at radius 2 is 2.03 bits per heavy atom. The van der Waals surface area contributed by atoms with Crippen LogP contribution in [0.2, 0.25) is 0 Å². The summed E-state index contributed by atoms with van der Waals surface area (Å²) in [4.78, 5) is 12.9. The van der Waals surface area contributed by atoms with Gasteiger partial charge < -0.3 is 11.1 Å². The molecule has 0 radical (unpaired) electrons. The molecule has 0 unspecified atom stereocenters. The molecule has 3 heterocycles. The molecule has 148 valence electrons. The summed E-state index contributed by atoms with van der Waals surface area (Å²) >= 11 is 0. The van der Waals surface area contributed by atoms with Crippen LogP contribution >= 0.6 is 0 Å². The zero-order chi connectivity index (χ0) is 20.0. The Bertz CT molecular complexity index is 1180. The van der Waals surface area contributed by atoms with Gasteiger partial charge >= 0.3 is 6.55 Å². The van der Waals surface area contributed by atoms with Gasteiger partial charge in [0.2, 0.25) is 11.9 Å². The minimum absolute atomic E-state index is 0.0646. The van der Waals surface area contributed by atoms with Crippen molar-refractivity contribution in [3.05, 3.63) is 42.4 Å². The number of hydrogen-bond donors (Lipinski definition) is 3. The topological polar surface area (TPSA) is 123 Å². The van der Waals surface area contributed by atoms with Gasteiger partial charge in [0.1, 0.15) is 0 Å². The maximum atomic E-state index is 12.9. The lowest BCUT2D eigenvalue weighted by atomic mass is 9.74. The van der Waals surface area contributed by atoms with Gasteiger partial charge in [0.25, 0.3) is 0 Å². The fourth-order valence-electron chi connectivity index (χ4n) is 3.54. The highest BCUT2D eigenvalue weighted by molar-refractivity contribution is 5.82. The number of nitrogens with zero attached hydrogens (tertiary/aromatic N) is 6. The summed E-state index contributed by atoms with van der Waals surface area (Å²) in [6.45, 7) is -2.68. The summed E-state index contributed by atoms with van der Waals surface area (Å²) in [6.07, 6.45) is 5.41. The number of nitrogen functional groups attached to an aromatic ring is 1. The Morgan fingerprint density at radius 1 is 1.17 bits per heavy atom. The van der Waals surface area contributed by atoms with Crippen LogP contribution in [-0.2, 0) is 5.54 Å². The summed E-state index contributed by atoms with van der Waals surface area (Å²) in [5.41, 5.74) is 7.45. The Hall–Kier alpha value is -3.63. The largest absolute Gasteiger partial charge is 0.368 e. The number of benzene rings is 1. The number of hydrogen-bond acceptors (Lipinski definition) is 7. The molecule has 0 saturated heterocycles. The molecule has 0 aliphatic heterocycles. The number of H-pyrrole nitrogens is 1. The minimum Gasteiger partial charge on any atom is -0.368 e. The molecule has 4 aromatic rings. The quantitative estimate of drug-likeness (QED) is 0.473. The van der Waals surface area contributed by atoms with E-state index >= 15 is 0 Å². The van der Waals surface area contributed by atoms with Crippen LogP contribution in [0.3, 0.4) is 0 Å². The van der Waals surface area contributed by atoms with Gasteiger partial charge in [-0.1, -0.05) is 12.1 Å². The molecule has 1 aromatic carbocycles. The van der Waals surface area contributed by atoms with Crippen LogP contribution < -0.4 is 11.1 Å². The summed E-state index contributed by atoms with van der Waals surface area (Å²) in [6, 6.07) is 7.26. The monoisotopic (exact) mass is 397 g/mol. The third-order valence-corrected chi connectivity index (χ3v) is 5.21. The van der Waals surface area contributed by atoms with E-state index in [2.05, 4.69) is 35.6 Å². The Balaban J connectivity index is 1.49. The SMILES string of the molecule is Nc1nc(NC2(c3ccn(C(F)F)n3)CCC2)nc(-c2ccc3cn[nH]c3c2)n1. The third kappa shape index (κ3) is 3.04. The maximum absolute atomic E-state index is 12.9. The number of alkyl halides is 2. The lowest BCUT2D eigenvalue weighted by Gasteiger charge is -2.41. The molecule has 4 N–H and O–H groups in total. The molecular formula is C18H17F2N9. The van der Waals surface area contributed by atoms with Crippen LogP contribution in [0.4, 0.5) is 20.7 Å². The first-order chi connectivity index (χ1) is 14.0. The second-order valence-electron chi connectivity index (χ2n) is 7.03. The summed E-state index contributed by atoms with van der Waals surface area (Å²) in [5, 5.41) is 15.2. The first-order valence-electron chi connectivity index (χ1n) is 9.09. The second kappa shape index (κ2) is 6.47. The lowest BCUT2D eigenvalue weighted by Crippen LogP contribution is -2.43. The van der Waals surface area contributed by atoms with Crippen LogP contribution in [0, 0.1) is 0 Å². The molecule has 1 aliphatic rings. The van der Waals surface area contributed by atoms with E-state index in [9.17, 15) is 8.78 Å². The molecule has 9 nitrogen and oxygen atoms in total. The zero-order valence-corrected chi connectivity index (χ0v) is 15.2. The molecule has 11 heteroatoms. The first-order valence-corrected chi connectivity index (χ1v) is 9.09. The van der Waals surface area contributed by atoms with E-state index in [-0.39, 0.29) is 11.9 Å². The molecule has 29 heavy (non-hydrogen) atoms. The number of rotatable bonds is 5. The van der Waals surface area contributed by atoms with E-state index in [1.165, 1.54) is 6.20 Å². The van der Waals surface area contributed by atoms with E-state index in [1.54, 1.807) is 12.3 Å².